The van der Waals surface area contributed by atoms with Gasteiger partial charge in [0, 0.05) is 30.3 Å². The second-order valence-corrected chi connectivity index (χ2v) is 5.94. The number of non-ortho nitro benzene ring substituents is 1. The van der Waals surface area contributed by atoms with Gasteiger partial charge in [0.2, 0.25) is 0 Å². The maximum absolute atomic E-state index is 10.9. The molecule has 1 aliphatic heterocycles. The third-order valence-corrected chi connectivity index (χ3v) is 4.30. The average Bonchev–Trinajstić information content (AvgIpc) is 3.03. The number of furan rings is 1. The Balaban J connectivity index is 0.00000208. The maximum atomic E-state index is 10.9. The van der Waals surface area contributed by atoms with Crippen molar-refractivity contribution in [1.82, 2.24) is 10.2 Å². The number of piperidine rings is 1. The van der Waals surface area contributed by atoms with Gasteiger partial charge in [0.25, 0.3) is 5.69 Å². The Labute approximate surface area is 147 Å². The van der Waals surface area contributed by atoms with Gasteiger partial charge in [-0.1, -0.05) is 12.1 Å². The SMILES string of the molecule is CNC1CCCN(Cc2ccc(-c3cccc([N+](=O)[O-])c3)o2)C1.Cl. The van der Waals surface area contributed by atoms with Gasteiger partial charge in [-0.15, -0.1) is 12.4 Å². The van der Waals surface area contributed by atoms with E-state index >= 15 is 0 Å². The Morgan fingerprint density at radius 2 is 2.21 bits per heavy atom. The number of rotatable bonds is 5. The van der Waals surface area contributed by atoms with Gasteiger partial charge in [-0.2, -0.15) is 0 Å². The summed E-state index contributed by atoms with van der Waals surface area (Å²) in [5.41, 5.74) is 0.811. The molecule has 0 amide bonds. The summed E-state index contributed by atoms with van der Waals surface area (Å²) >= 11 is 0. The van der Waals surface area contributed by atoms with Crippen molar-refractivity contribution in [3.05, 3.63) is 52.3 Å². The van der Waals surface area contributed by atoms with Crippen molar-refractivity contribution < 1.29 is 9.34 Å². The van der Waals surface area contributed by atoms with E-state index < -0.39 is 0 Å². The third-order valence-electron chi connectivity index (χ3n) is 4.30. The fourth-order valence-corrected chi connectivity index (χ4v) is 3.05. The van der Waals surface area contributed by atoms with Crippen LogP contribution in [-0.4, -0.2) is 36.0 Å². The van der Waals surface area contributed by atoms with Crippen LogP contribution in [0.25, 0.3) is 11.3 Å². The normalized spacial score (nSPS) is 18.1. The summed E-state index contributed by atoms with van der Waals surface area (Å²) in [6.07, 6.45) is 2.40. The van der Waals surface area contributed by atoms with Crippen LogP contribution in [0.3, 0.4) is 0 Å². The second kappa shape index (κ2) is 8.28. The summed E-state index contributed by atoms with van der Waals surface area (Å²) in [7, 11) is 2.00. The largest absolute Gasteiger partial charge is 0.460 e. The Kier molecular flexibility index (Phi) is 6.36. The van der Waals surface area contributed by atoms with E-state index in [1.807, 2.05) is 25.2 Å². The molecule has 3 rings (SSSR count). The Hall–Kier alpha value is -1.89. The predicted octanol–water partition coefficient (Wildman–Crippen LogP) is 3.46. The van der Waals surface area contributed by atoms with Crippen molar-refractivity contribution in [2.45, 2.75) is 25.4 Å². The molecule has 24 heavy (non-hydrogen) atoms. The zero-order valence-corrected chi connectivity index (χ0v) is 14.4. The lowest BCUT2D eigenvalue weighted by atomic mass is 10.1. The van der Waals surface area contributed by atoms with E-state index in [2.05, 4.69) is 10.2 Å². The molecule has 1 saturated heterocycles. The minimum atomic E-state index is -0.390. The predicted molar refractivity (Wildman–Crippen MR) is 95.4 cm³/mol. The zero-order valence-electron chi connectivity index (χ0n) is 13.6. The van der Waals surface area contributed by atoms with Crippen molar-refractivity contribution in [2.24, 2.45) is 0 Å². The quantitative estimate of drug-likeness (QED) is 0.659. The number of likely N-dealkylation sites (tertiary alicyclic amines) is 1. The van der Waals surface area contributed by atoms with Crippen LogP contribution in [0.1, 0.15) is 18.6 Å². The summed E-state index contributed by atoms with van der Waals surface area (Å²) in [6.45, 7) is 2.86. The van der Waals surface area contributed by atoms with E-state index in [4.69, 9.17) is 4.42 Å². The molecule has 1 unspecified atom stereocenters. The first-order chi connectivity index (χ1) is 11.2. The zero-order chi connectivity index (χ0) is 16.2. The first kappa shape index (κ1) is 18.4. The summed E-state index contributed by atoms with van der Waals surface area (Å²) in [5, 5.41) is 14.2. The van der Waals surface area contributed by atoms with Crippen molar-refractivity contribution in [3.8, 4) is 11.3 Å². The number of halogens is 1. The number of nitrogens with zero attached hydrogens (tertiary/aromatic N) is 2. The van der Waals surface area contributed by atoms with Crippen molar-refractivity contribution in [3.63, 3.8) is 0 Å². The fraction of sp³-hybridized carbons (Fsp3) is 0.412. The highest BCUT2D eigenvalue weighted by molar-refractivity contribution is 5.85. The van der Waals surface area contributed by atoms with Crippen LogP contribution in [0.2, 0.25) is 0 Å². The molecule has 1 fully saturated rings. The average molecular weight is 352 g/mol. The molecule has 0 bridgehead atoms. The summed E-state index contributed by atoms with van der Waals surface area (Å²) in [5.74, 6) is 1.56. The van der Waals surface area contributed by atoms with Gasteiger partial charge in [0.1, 0.15) is 11.5 Å². The van der Waals surface area contributed by atoms with Crippen LogP contribution >= 0.6 is 12.4 Å². The molecule has 2 aromatic rings. The van der Waals surface area contributed by atoms with E-state index in [1.54, 1.807) is 12.1 Å². The molecule has 0 saturated carbocycles. The van der Waals surface area contributed by atoms with Crippen LogP contribution in [0.15, 0.2) is 40.8 Å². The first-order valence-corrected chi connectivity index (χ1v) is 7.89. The Bertz CT molecular complexity index is 689. The molecule has 130 valence electrons. The standard InChI is InChI=1S/C17H21N3O3.ClH/c1-18-14-5-3-9-19(11-14)12-16-7-8-17(23-16)13-4-2-6-15(10-13)20(21)22;/h2,4,6-8,10,14,18H,3,5,9,11-12H2,1H3;1H. The Morgan fingerprint density at radius 1 is 1.38 bits per heavy atom. The number of benzene rings is 1. The molecule has 1 atom stereocenters. The summed E-state index contributed by atoms with van der Waals surface area (Å²) < 4.78 is 5.89. The van der Waals surface area contributed by atoms with E-state index in [0.29, 0.717) is 11.8 Å². The first-order valence-electron chi connectivity index (χ1n) is 7.89. The van der Waals surface area contributed by atoms with Crippen LogP contribution in [0.5, 0.6) is 0 Å². The lowest BCUT2D eigenvalue weighted by molar-refractivity contribution is -0.384. The van der Waals surface area contributed by atoms with Crippen molar-refractivity contribution >= 4 is 18.1 Å². The number of nitrogens with one attached hydrogen (secondary N) is 1. The minimum absolute atomic E-state index is 0. The van der Waals surface area contributed by atoms with Gasteiger partial charge in [-0.05, 0) is 38.6 Å². The van der Waals surface area contributed by atoms with Crippen LogP contribution in [0.4, 0.5) is 5.69 Å². The van der Waals surface area contributed by atoms with E-state index in [1.165, 1.54) is 18.9 Å². The van der Waals surface area contributed by atoms with Gasteiger partial charge < -0.3 is 9.73 Å². The molecule has 1 aromatic heterocycles. The molecule has 7 heteroatoms. The van der Waals surface area contributed by atoms with Crippen molar-refractivity contribution in [2.75, 3.05) is 20.1 Å². The number of hydrogen-bond donors (Lipinski definition) is 1. The topological polar surface area (TPSA) is 71.5 Å². The highest BCUT2D eigenvalue weighted by atomic mass is 35.5. The van der Waals surface area contributed by atoms with E-state index in [-0.39, 0.29) is 23.0 Å². The van der Waals surface area contributed by atoms with Gasteiger partial charge in [0.05, 0.1) is 11.5 Å². The summed E-state index contributed by atoms with van der Waals surface area (Å²) in [4.78, 5) is 12.9. The molecule has 1 N–H and O–H groups in total. The minimum Gasteiger partial charge on any atom is -0.460 e. The molecule has 2 heterocycles. The number of hydrogen-bond acceptors (Lipinski definition) is 5. The highest BCUT2D eigenvalue weighted by Gasteiger charge is 2.19. The van der Waals surface area contributed by atoms with Crippen molar-refractivity contribution in [1.29, 1.82) is 0 Å². The highest BCUT2D eigenvalue weighted by Crippen LogP contribution is 2.26. The number of nitro groups is 1. The maximum Gasteiger partial charge on any atom is 0.270 e. The monoisotopic (exact) mass is 351 g/mol. The molecule has 0 spiro atoms. The van der Waals surface area contributed by atoms with Crippen LogP contribution in [0, 0.1) is 10.1 Å². The number of nitro benzene ring substituents is 1. The molecule has 6 nitrogen and oxygen atoms in total. The lowest BCUT2D eigenvalue weighted by Crippen LogP contribution is -2.43. The molecular formula is C17H22ClN3O3. The smallest absolute Gasteiger partial charge is 0.270 e. The fourth-order valence-electron chi connectivity index (χ4n) is 3.05. The second-order valence-electron chi connectivity index (χ2n) is 5.94. The number of likely N-dealkylation sites (N-methyl/N-ethyl adjacent to an activating group) is 1. The molecule has 0 radical (unpaired) electrons. The molecule has 0 aliphatic carbocycles. The van der Waals surface area contributed by atoms with Gasteiger partial charge in [0.15, 0.2) is 0 Å². The lowest BCUT2D eigenvalue weighted by Gasteiger charge is -2.31. The van der Waals surface area contributed by atoms with Crippen LogP contribution < -0.4 is 5.32 Å². The Morgan fingerprint density at radius 3 is 2.96 bits per heavy atom. The van der Waals surface area contributed by atoms with Gasteiger partial charge in [-0.25, -0.2) is 0 Å². The van der Waals surface area contributed by atoms with E-state index in [0.717, 1.165) is 31.0 Å². The molecular weight excluding hydrogens is 330 g/mol. The van der Waals surface area contributed by atoms with E-state index in [9.17, 15) is 10.1 Å². The third kappa shape index (κ3) is 4.35. The summed E-state index contributed by atoms with van der Waals surface area (Å²) in [6, 6.07) is 10.9. The molecule has 1 aliphatic rings. The van der Waals surface area contributed by atoms with Gasteiger partial charge >= 0.3 is 0 Å². The molecule has 1 aromatic carbocycles. The van der Waals surface area contributed by atoms with Gasteiger partial charge in [-0.3, -0.25) is 15.0 Å². The van der Waals surface area contributed by atoms with Crippen LogP contribution in [-0.2, 0) is 6.54 Å².